The van der Waals surface area contributed by atoms with E-state index in [1.54, 1.807) is 11.3 Å². The molecule has 1 saturated heterocycles. The Balaban J connectivity index is 1.79. The summed E-state index contributed by atoms with van der Waals surface area (Å²) < 4.78 is 1.08. The Morgan fingerprint density at radius 1 is 1.47 bits per heavy atom. The summed E-state index contributed by atoms with van der Waals surface area (Å²) in [7, 11) is 0. The average molecular weight is 335 g/mol. The lowest BCUT2D eigenvalue weighted by molar-refractivity contribution is 0.201. The molecule has 1 aromatic heterocycles. The molecular formula is C11H15BrN2OS2. The van der Waals surface area contributed by atoms with Crippen molar-refractivity contribution in [2.75, 3.05) is 24.6 Å². The number of amides is 2. The highest BCUT2D eigenvalue weighted by Gasteiger charge is 2.15. The number of thioether (sulfide) groups is 1. The molecule has 0 atom stereocenters. The molecule has 0 radical (unpaired) electrons. The van der Waals surface area contributed by atoms with Crippen molar-refractivity contribution in [1.29, 1.82) is 0 Å². The second-order valence-corrected chi connectivity index (χ2v) is 6.98. The van der Waals surface area contributed by atoms with Gasteiger partial charge in [-0.25, -0.2) is 4.79 Å². The van der Waals surface area contributed by atoms with Crippen LogP contribution >= 0.6 is 39.0 Å². The summed E-state index contributed by atoms with van der Waals surface area (Å²) in [6.45, 7) is 2.37. The molecule has 0 saturated carbocycles. The van der Waals surface area contributed by atoms with E-state index in [1.165, 1.54) is 10.6 Å². The quantitative estimate of drug-likeness (QED) is 0.900. The zero-order chi connectivity index (χ0) is 12.1. The summed E-state index contributed by atoms with van der Waals surface area (Å²) in [5, 5.41) is 5.01. The molecule has 2 rings (SSSR count). The van der Waals surface area contributed by atoms with Crippen molar-refractivity contribution in [3.05, 3.63) is 20.8 Å². The lowest BCUT2D eigenvalue weighted by atomic mass is 10.4. The first-order valence-electron chi connectivity index (χ1n) is 5.59. The van der Waals surface area contributed by atoms with Crippen LogP contribution in [0, 0.1) is 0 Å². The van der Waals surface area contributed by atoms with E-state index in [9.17, 15) is 4.79 Å². The minimum Gasteiger partial charge on any atom is -0.333 e. The monoisotopic (exact) mass is 334 g/mol. The second-order valence-electron chi connectivity index (χ2n) is 3.84. The summed E-state index contributed by atoms with van der Waals surface area (Å²) in [5.41, 5.74) is 0. The molecule has 0 spiro atoms. The number of hydrogen-bond donors (Lipinski definition) is 1. The number of nitrogens with zero attached hydrogens (tertiary/aromatic N) is 1. The highest BCUT2D eigenvalue weighted by atomic mass is 79.9. The third-order valence-corrected chi connectivity index (χ3v) is 5.29. The van der Waals surface area contributed by atoms with Gasteiger partial charge in [0.05, 0.1) is 6.54 Å². The minimum absolute atomic E-state index is 0.0667. The minimum atomic E-state index is 0.0667. The first-order valence-corrected chi connectivity index (χ1v) is 8.42. The highest BCUT2D eigenvalue weighted by Crippen LogP contribution is 2.19. The van der Waals surface area contributed by atoms with Crippen LogP contribution in [0.3, 0.4) is 0 Å². The molecule has 1 aromatic rings. The van der Waals surface area contributed by atoms with Gasteiger partial charge in [0.15, 0.2) is 0 Å². The van der Waals surface area contributed by atoms with Crippen LogP contribution in [-0.4, -0.2) is 35.5 Å². The molecule has 2 heterocycles. The molecule has 0 bridgehead atoms. The zero-order valence-electron chi connectivity index (χ0n) is 9.45. The lowest BCUT2D eigenvalue weighted by Gasteiger charge is -2.20. The van der Waals surface area contributed by atoms with Crippen LogP contribution in [0.1, 0.15) is 11.3 Å². The smallest absolute Gasteiger partial charge is 0.317 e. The first kappa shape index (κ1) is 13.2. The van der Waals surface area contributed by atoms with Crippen molar-refractivity contribution in [3.63, 3.8) is 0 Å². The second kappa shape index (κ2) is 6.66. The number of halogens is 1. The van der Waals surface area contributed by atoms with E-state index >= 15 is 0 Å². The molecule has 0 aliphatic carbocycles. The summed E-state index contributed by atoms with van der Waals surface area (Å²) in [5.74, 6) is 2.22. The molecule has 0 unspecified atom stereocenters. The van der Waals surface area contributed by atoms with E-state index in [0.29, 0.717) is 6.54 Å². The topological polar surface area (TPSA) is 32.3 Å². The molecule has 1 aliphatic rings. The molecule has 6 heteroatoms. The Kier molecular flexibility index (Phi) is 5.18. The van der Waals surface area contributed by atoms with Crippen molar-refractivity contribution in [2.24, 2.45) is 0 Å². The van der Waals surface area contributed by atoms with Gasteiger partial charge in [0.25, 0.3) is 0 Å². The third kappa shape index (κ3) is 4.19. The van der Waals surface area contributed by atoms with Crippen molar-refractivity contribution < 1.29 is 4.79 Å². The summed E-state index contributed by atoms with van der Waals surface area (Å²) in [6, 6.07) is 2.11. The summed E-state index contributed by atoms with van der Waals surface area (Å²) in [6.07, 6.45) is 1.10. The molecule has 94 valence electrons. The largest absolute Gasteiger partial charge is 0.333 e. The van der Waals surface area contributed by atoms with E-state index in [4.69, 9.17) is 0 Å². The standard InChI is InChI=1S/C11H15BrN2OS2/c12-9-6-10(17-8-9)7-13-11(15)14-2-1-4-16-5-3-14/h6,8H,1-5,7H2,(H,13,15). The molecule has 0 aromatic carbocycles. The highest BCUT2D eigenvalue weighted by molar-refractivity contribution is 9.10. The van der Waals surface area contributed by atoms with Gasteiger partial charge in [-0.15, -0.1) is 11.3 Å². The first-order chi connectivity index (χ1) is 8.25. The van der Waals surface area contributed by atoms with E-state index in [0.717, 1.165) is 29.7 Å². The number of nitrogens with one attached hydrogen (secondary N) is 1. The van der Waals surface area contributed by atoms with Crippen molar-refractivity contribution in [3.8, 4) is 0 Å². The maximum atomic E-state index is 11.9. The molecular weight excluding hydrogens is 320 g/mol. The van der Waals surface area contributed by atoms with Gasteiger partial charge in [0, 0.05) is 33.6 Å². The van der Waals surface area contributed by atoms with Gasteiger partial charge in [-0.05, 0) is 34.2 Å². The van der Waals surface area contributed by atoms with E-state index in [2.05, 4.69) is 21.2 Å². The Morgan fingerprint density at radius 2 is 2.35 bits per heavy atom. The van der Waals surface area contributed by atoms with Crippen molar-refractivity contribution in [1.82, 2.24) is 10.2 Å². The SMILES string of the molecule is O=C(NCc1cc(Br)cs1)N1CCCSCC1. The Bertz CT molecular complexity index is 375. The molecule has 3 nitrogen and oxygen atoms in total. The van der Waals surface area contributed by atoms with E-state index in [1.807, 2.05) is 28.1 Å². The van der Waals surface area contributed by atoms with Gasteiger partial charge in [0.2, 0.25) is 0 Å². The van der Waals surface area contributed by atoms with Crippen LogP contribution in [0.25, 0.3) is 0 Å². The fourth-order valence-electron chi connectivity index (χ4n) is 1.67. The Hall–Kier alpha value is -0.200. The number of hydrogen-bond acceptors (Lipinski definition) is 3. The predicted octanol–water partition coefficient (Wildman–Crippen LogP) is 3.16. The molecule has 1 fully saturated rings. The third-order valence-electron chi connectivity index (χ3n) is 2.55. The number of urea groups is 1. The number of carbonyl (C=O) groups excluding carboxylic acids is 1. The fraction of sp³-hybridized carbons (Fsp3) is 0.545. The Labute approximate surface area is 118 Å². The molecule has 1 N–H and O–H groups in total. The van der Waals surface area contributed by atoms with Crippen LogP contribution in [0.15, 0.2) is 15.9 Å². The van der Waals surface area contributed by atoms with Gasteiger partial charge in [-0.3, -0.25) is 0 Å². The van der Waals surface area contributed by atoms with Gasteiger partial charge >= 0.3 is 6.03 Å². The maximum Gasteiger partial charge on any atom is 0.317 e. The number of rotatable bonds is 2. The number of thiophene rings is 1. The zero-order valence-corrected chi connectivity index (χ0v) is 12.7. The van der Waals surface area contributed by atoms with E-state index in [-0.39, 0.29) is 6.03 Å². The maximum absolute atomic E-state index is 11.9. The lowest BCUT2D eigenvalue weighted by Crippen LogP contribution is -2.40. The fourth-order valence-corrected chi connectivity index (χ4v) is 3.95. The van der Waals surface area contributed by atoms with Crippen LogP contribution in [0.2, 0.25) is 0 Å². The summed E-state index contributed by atoms with van der Waals surface area (Å²) in [4.78, 5) is 15.0. The van der Waals surface area contributed by atoms with Gasteiger partial charge in [-0.2, -0.15) is 11.8 Å². The van der Waals surface area contributed by atoms with Crippen LogP contribution in [-0.2, 0) is 6.54 Å². The van der Waals surface area contributed by atoms with Crippen molar-refractivity contribution in [2.45, 2.75) is 13.0 Å². The number of carbonyl (C=O) groups is 1. The average Bonchev–Trinajstić information content (AvgIpc) is 2.58. The van der Waals surface area contributed by atoms with Gasteiger partial charge in [-0.1, -0.05) is 0 Å². The molecule has 1 aliphatic heterocycles. The van der Waals surface area contributed by atoms with Crippen LogP contribution in [0.5, 0.6) is 0 Å². The Morgan fingerprint density at radius 3 is 3.12 bits per heavy atom. The predicted molar refractivity (Wildman–Crippen MR) is 77.8 cm³/mol. The normalized spacial score (nSPS) is 16.6. The summed E-state index contributed by atoms with van der Waals surface area (Å²) >= 11 is 7.00. The van der Waals surface area contributed by atoms with Crippen LogP contribution < -0.4 is 5.32 Å². The van der Waals surface area contributed by atoms with E-state index < -0.39 is 0 Å². The molecule has 2 amide bonds. The van der Waals surface area contributed by atoms with Gasteiger partial charge in [0.1, 0.15) is 0 Å². The van der Waals surface area contributed by atoms with Crippen molar-refractivity contribution >= 4 is 45.1 Å². The van der Waals surface area contributed by atoms with Crippen LogP contribution in [0.4, 0.5) is 4.79 Å². The molecule has 17 heavy (non-hydrogen) atoms. The van der Waals surface area contributed by atoms with Gasteiger partial charge < -0.3 is 10.2 Å².